The quantitative estimate of drug-likeness (QED) is 0.0485. The number of nitrogens with zero attached hydrogens (tertiary/aromatic N) is 2. The van der Waals surface area contributed by atoms with E-state index in [4.69, 9.17) is 4.74 Å². The van der Waals surface area contributed by atoms with Gasteiger partial charge in [0.15, 0.2) is 5.82 Å². The normalized spacial score (nSPS) is 16.2. The van der Waals surface area contributed by atoms with Crippen molar-refractivity contribution in [3.8, 4) is 28.3 Å². The number of carbonyl (C=O) groups is 2. The number of carboxylic acids is 1. The molecule has 0 bridgehead atoms. The van der Waals surface area contributed by atoms with Crippen LogP contribution in [0.2, 0.25) is 0 Å². The zero-order valence-electron chi connectivity index (χ0n) is 32.9. The van der Waals surface area contributed by atoms with E-state index in [0.29, 0.717) is 17.8 Å². The van der Waals surface area contributed by atoms with Gasteiger partial charge in [-0.1, -0.05) is 102 Å². The van der Waals surface area contributed by atoms with Crippen LogP contribution in [0.3, 0.4) is 0 Å². The lowest BCUT2D eigenvalue weighted by Gasteiger charge is -2.30. The number of aliphatic hydroxyl groups excluding tert-OH is 1. The first-order chi connectivity index (χ1) is 26.5. The summed E-state index contributed by atoms with van der Waals surface area (Å²) < 4.78 is 5.91. The first-order valence-electron chi connectivity index (χ1n) is 19.9. The van der Waals surface area contributed by atoms with Crippen LogP contribution in [-0.4, -0.2) is 70.1 Å². The molecule has 1 aliphatic rings. The molecular formula is C45H59N5O5. The Morgan fingerprint density at radius 1 is 0.891 bits per heavy atom. The van der Waals surface area contributed by atoms with E-state index in [9.17, 15) is 19.8 Å². The van der Waals surface area contributed by atoms with Crippen LogP contribution >= 0.6 is 0 Å². The first-order valence-corrected chi connectivity index (χ1v) is 19.9. The van der Waals surface area contributed by atoms with Crippen molar-refractivity contribution in [1.82, 2.24) is 25.9 Å². The van der Waals surface area contributed by atoms with Gasteiger partial charge in [0.2, 0.25) is 0 Å². The predicted molar refractivity (Wildman–Crippen MR) is 218 cm³/mol. The standard InChI is InChI=1S/C45H59N5O5/c1-5-6-7-8-9-25-55-38-22-18-33(19-23-38)36-29-47-41(48-30-36)34-14-12-31(13-15-34)26-39(49-42(51)35-16-20-37(21-17-35)45(2,3)4)43(52)50-40(44(53)54)27-32-11-10-24-46-28-32/h12-23,29-30,32,39-40,43,46,50,52H,5-11,24-28H2,1-4H3,(H,49,51)(H,53,54)/t32?,39-,40-,43?/m0/s1. The van der Waals surface area contributed by atoms with E-state index in [2.05, 4.69) is 53.6 Å². The maximum atomic E-state index is 13.5. The third-order valence-corrected chi connectivity index (χ3v) is 10.4. The van der Waals surface area contributed by atoms with Crippen molar-refractivity contribution in [2.75, 3.05) is 19.7 Å². The zero-order valence-corrected chi connectivity index (χ0v) is 32.9. The summed E-state index contributed by atoms with van der Waals surface area (Å²) in [5.41, 5.74) is 5.07. The molecule has 5 rings (SSSR count). The highest BCUT2D eigenvalue weighted by atomic mass is 16.5. The molecule has 4 aromatic rings. The molecule has 1 aromatic heterocycles. The van der Waals surface area contributed by atoms with Gasteiger partial charge in [-0.25, -0.2) is 9.97 Å². The molecule has 0 saturated carbocycles. The van der Waals surface area contributed by atoms with Crippen LogP contribution < -0.4 is 20.7 Å². The number of amides is 1. The summed E-state index contributed by atoms with van der Waals surface area (Å²) in [6, 6.07) is 21.3. The summed E-state index contributed by atoms with van der Waals surface area (Å²) in [5.74, 6) is 0.236. The highest BCUT2D eigenvalue weighted by molar-refractivity contribution is 5.94. The van der Waals surface area contributed by atoms with Crippen LogP contribution in [0, 0.1) is 5.92 Å². The number of hydrogen-bond acceptors (Lipinski definition) is 8. The lowest BCUT2D eigenvalue weighted by atomic mass is 9.86. The van der Waals surface area contributed by atoms with Gasteiger partial charge >= 0.3 is 5.97 Å². The molecule has 10 nitrogen and oxygen atoms in total. The molecule has 4 atom stereocenters. The summed E-state index contributed by atoms with van der Waals surface area (Å²) >= 11 is 0. The van der Waals surface area contributed by atoms with Gasteiger partial charge in [-0.2, -0.15) is 0 Å². The largest absolute Gasteiger partial charge is 0.494 e. The van der Waals surface area contributed by atoms with E-state index >= 15 is 0 Å². The molecule has 1 saturated heterocycles. The summed E-state index contributed by atoms with van der Waals surface area (Å²) in [6.07, 6.45) is 10.9. The second-order valence-electron chi connectivity index (χ2n) is 15.8. The zero-order chi connectivity index (χ0) is 39.2. The van der Waals surface area contributed by atoms with Crippen LogP contribution in [0.1, 0.15) is 101 Å². The van der Waals surface area contributed by atoms with Gasteiger partial charge < -0.3 is 25.6 Å². The Labute approximate surface area is 326 Å². The van der Waals surface area contributed by atoms with Crippen molar-refractivity contribution in [2.24, 2.45) is 5.92 Å². The van der Waals surface area contributed by atoms with Crippen LogP contribution in [0.25, 0.3) is 22.5 Å². The minimum atomic E-state index is -1.32. The van der Waals surface area contributed by atoms with E-state index in [1.54, 1.807) is 12.1 Å². The summed E-state index contributed by atoms with van der Waals surface area (Å²) in [6.45, 7) is 10.9. The van der Waals surface area contributed by atoms with E-state index in [1.165, 1.54) is 25.7 Å². The van der Waals surface area contributed by atoms with Gasteiger partial charge in [0.25, 0.3) is 5.91 Å². The van der Waals surface area contributed by atoms with Crippen LogP contribution in [0.4, 0.5) is 0 Å². The average molecular weight is 750 g/mol. The molecule has 0 spiro atoms. The Bertz CT molecular complexity index is 1770. The highest BCUT2D eigenvalue weighted by Crippen LogP contribution is 2.25. The van der Waals surface area contributed by atoms with Gasteiger partial charge in [0.1, 0.15) is 18.0 Å². The molecule has 10 heteroatoms. The number of nitrogens with one attached hydrogen (secondary N) is 3. The van der Waals surface area contributed by atoms with Crippen molar-refractivity contribution < 1.29 is 24.5 Å². The molecule has 294 valence electrons. The number of carboxylic acid groups (broad SMARTS) is 1. The minimum Gasteiger partial charge on any atom is -0.494 e. The fourth-order valence-electron chi connectivity index (χ4n) is 6.95. The molecular weight excluding hydrogens is 691 g/mol. The number of unbranched alkanes of at least 4 members (excludes halogenated alkanes) is 4. The molecule has 1 amide bonds. The molecule has 0 radical (unpaired) electrons. The Kier molecular flexibility index (Phi) is 15.3. The number of rotatable bonds is 19. The third kappa shape index (κ3) is 12.7. The van der Waals surface area contributed by atoms with E-state index in [0.717, 1.165) is 72.5 Å². The number of carbonyl (C=O) groups excluding carboxylic acids is 1. The first kappa shape index (κ1) is 41.5. The third-order valence-electron chi connectivity index (χ3n) is 10.4. The van der Waals surface area contributed by atoms with Crippen molar-refractivity contribution >= 4 is 11.9 Å². The van der Waals surface area contributed by atoms with Gasteiger partial charge in [0, 0.05) is 29.1 Å². The van der Waals surface area contributed by atoms with Crippen LogP contribution in [-0.2, 0) is 16.6 Å². The number of ether oxygens (including phenoxy) is 1. The second-order valence-corrected chi connectivity index (χ2v) is 15.8. The molecule has 0 aliphatic carbocycles. The van der Waals surface area contributed by atoms with Gasteiger partial charge in [-0.15, -0.1) is 0 Å². The number of aliphatic hydroxyl groups is 1. The lowest BCUT2D eigenvalue weighted by molar-refractivity contribution is -0.141. The van der Waals surface area contributed by atoms with Gasteiger partial charge in [-0.3, -0.25) is 14.9 Å². The van der Waals surface area contributed by atoms with Crippen molar-refractivity contribution in [3.63, 3.8) is 0 Å². The smallest absolute Gasteiger partial charge is 0.320 e. The van der Waals surface area contributed by atoms with Crippen LogP contribution in [0.5, 0.6) is 5.75 Å². The van der Waals surface area contributed by atoms with Crippen molar-refractivity contribution in [1.29, 1.82) is 0 Å². The molecule has 1 aliphatic heterocycles. The maximum Gasteiger partial charge on any atom is 0.320 e. The number of aromatic nitrogens is 2. The Hall–Kier alpha value is -4.64. The Balaban J connectivity index is 1.25. The van der Waals surface area contributed by atoms with E-state index in [1.807, 2.05) is 73.1 Å². The fourth-order valence-corrected chi connectivity index (χ4v) is 6.95. The molecule has 2 heterocycles. The topological polar surface area (TPSA) is 146 Å². The number of aliphatic carboxylic acids is 1. The molecule has 1 fully saturated rings. The SMILES string of the molecule is CCCCCCCOc1ccc(-c2cnc(-c3ccc(C[C@H](NC(=O)c4ccc(C(C)(C)C)cc4)C(O)N[C@@H](CC4CCCNC4)C(=O)O)cc3)nc2)cc1. The second kappa shape index (κ2) is 20.3. The maximum absolute atomic E-state index is 13.5. The Morgan fingerprint density at radius 2 is 1.56 bits per heavy atom. The molecule has 5 N–H and O–H groups in total. The molecule has 3 aromatic carbocycles. The van der Waals surface area contributed by atoms with E-state index in [-0.39, 0.29) is 23.7 Å². The van der Waals surface area contributed by atoms with Crippen molar-refractivity contribution in [2.45, 2.75) is 109 Å². The highest BCUT2D eigenvalue weighted by Gasteiger charge is 2.30. The number of benzene rings is 3. The Morgan fingerprint density at radius 3 is 2.18 bits per heavy atom. The number of piperidine rings is 1. The summed E-state index contributed by atoms with van der Waals surface area (Å²) in [4.78, 5) is 35.1. The van der Waals surface area contributed by atoms with E-state index < -0.39 is 24.3 Å². The predicted octanol–water partition coefficient (Wildman–Crippen LogP) is 7.55. The fraction of sp³-hybridized carbons (Fsp3) is 0.467. The van der Waals surface area contributed by atoms with Crippen molar-refractivity contribution in [3.05, 3.63) is 102 Å². The molecule has 2 unspecified atom stereocenters. The lowest BCUT2D eigenvalue weighted by Crippen LogP contribution is -2.56. The van der Waals surface area contributed by atoms with Gasteiger partial charge in [0.05, 0.1) is 12.6 Å². The minimum absolute atomic E-state index is 0.0642. The summed E-state index contributed by atoms with van der Waals surface area (Å²) in [7, 11) is 0. The average Bonchev–Trinajstić information content (AvgIpc) is 3.19. The number of hydrogen-bond donors (Lipinski definition) is 5. The summed E-state index contributed by atoms with van der Waals surface area (Å²) in [5, 5.41) is 30.8. The molecule has 55 heavy (non-hydrogen) atoms. The monoisotopic (exact) mass is 749 g/mol. The van der Waals surface area contributed by atoms with Gasteiger partial charge in [-0.05, 0) is 97.5 Å². The van der Waals surface area contributed by atoms with Crippen LogP contribution in [0.15, 0.2) is 85.2 Å².